The Kier molecular flexibility index (Phi) is 11.7. The van der Waals surface area contributed by atoms with Crippen LogP contribution >= 0.6 is 11.6 Å². The molecular weight excluding hydrogens is 610 g/mol. The van der Waals surface area contributed by atoms with Crippen LogP contribution in [0.25, 0.3) is 0 Å². The van der Waals surface area contributed by atoms with Crippen LogP contribution in [0.1, 0.15) is 68.2 Å². The number of rotatable bonds is 12. The van der Waals surface area contributed by atoms with Crippen LogP contribution in [-0.4, -0.2) is 88.1 Å². The molecule has 4 atom stereocenters. The lowest BCUT2D eigenvalue weighted by Gasteiger charge is -2.44. The molecule has 2 aromatic rings. The molecule has 3 N–H and O–H groups in total. The molecule has 45 heavy (non-hydrogen) atoms. The molecule has 11 heteroatoms. The third kappa shape index (κ3) is 8.93. The molecule has 246 valence electrons. The van der Waals surface area contributed by atoms with Gasteiger partial charge in [-0.3, -0.25) is 14.5 Å². The fourth-order valence-electron chi connectivity index (χ4n) is 7.35. The number of likely N-dealkylation sites (N-methyl/N-ethyl adjacent to an activating group) is 1. The summed E-state index contributed by atoms with van der Waals surface area (Å²) >= 11 is 6.12. The van der Waals surface area contributed by atoms with Crippen molar-refractivity contribution in [1.29, 1.82) is 0 Å². The number of carbonyl (C=O) groups excluding carboxylic acids is 2. The topological polar surface area (TPSA) is 105 Å². The highest BCUT2D eigenvalue weighted by atomic mass is 35.5. The SMILES string of the molecule is CCN(CC(C1CCCCC1)N1CCN(C(=O)[C@@H](Cc2ccc(Cl)cc2)NC(=O)CC2NCc3ccccc32)CC1)[S+](C)(=O)O. The molecule has 0 spiro atoms. The molecule has 2 fully saturated rings. The number of nitrogens with zero attached hydrogens (tertiary/aromatic N) is 3. The van der Waals surface area contributed by atoms with Crippen LogP contribution in [0.15, 0.2) is 48.5 Å². The average Bonchev–Trinajstić information content (AvgIpc) is 3.44. The van der Waals surface area contributed by atoms with Crippen molar-refractivity contribution in [3.63, 3.8) is 0 Å². The van der Waals surface area contributed by atoms with E-state index in [0.29, 0.717) is 56.6 Å². The molecule has 2 aromatic carbocycles. The minimum absolute atomic E-state index is 0.0749. The van der Waals surface area contributed by atoms with E-state index in [1.165, 1.54) is 31.1 Å². The van der Waals surface area contributed by atoms with Gasteiger partial charge in [0.15, 0.2) is 6.26 Å². The summed E-state index contributed by atoms with van der Waals surface area (Å²) in [5, 5.41) is 7.14. The van der Waals surface area contributed by atoms with Crippen molar-refractivity contribution < 1.29 is 18.4 Å². The summed E-state index contributed by atoms with van der Waals surface area (Å²) < 4.78 is 24.7. The number of hydrogen-bond acceptors (Lipinski definition) is 5. The number of halogens is 1. The monoisotopic (exact) mass is 658 g/mol. The van der Waals surface area contributed by atoms with E-state index in [9.17, 15) is 18.4 Å². The van der Waals surface area contributed by atoms with Gasteiger partial charge in [0.1, 0.15) is 6.04 Å². The smallest absolute Gasteiger partial charge is 0.288 e. The lowest BCUT2D eigenvalue weighted by molar-refractivity contribution is -0.138. The molecule has 9 nitrogen and oxygen atoms in total. The van der Waals surface area contributed by atoms with Crippen LogP contribution in [0.5, 0.6) is 0 Å². The van der Waals surface area contributed by atoms with Gasteiger partial charge in [-0.1, -0.05) is 71.6 Å². The maximum absolute atomic E-state index is 14.0. The molecule has 2 amide bonds. The van der Waals surface area contributed by atoms with E-state index in [1.54, 1.807) is 4.31 Å². The van der Waals surface area contributed by atoms with Crippen molar-refractivity contribution in [2.75, 3.05) is 45.5 Å². The minimum atomic E-state index is -3.05. The van der Waals surface area contributed by atoms with Crippen LogP contribution in [0.2, 0.25) is 5.02 Å². The van der Waals surface area contributed by atoms with Crippen LogP contribution in [0, 0.1) is 5.92 Å². The highest BCUT2D eigenvalue weighted by Gasteiger charge is 2.39. The Bertz CT molecular complexity index is 1340. The van der Waals surface area contributed by atoms with Crippen molar-refractivity contribution in [2.45, 2.75) is 76.5 Å². The quantitative estimate of drug-likeness (QED) is 0.290. The Morgan fingerprint density at radius 1 is 1.07 bits per heavy atom. The van der Waals surface area contributed by atoms with Gasteiger partial charge in [-0.05, 0) is 58.7 Å². The van der Waals surface area contributed by atoms with E-state index >= 15 is 0 Å². The van der Waals surface area contributed by atoms with E-state index in [0.717, 1.165) is 30.5 Å². The zero-order valence-electron chi connectivity index (χ0n) is 26.6. The van der Waals surface area contributed by atoms with Gasteiger partial charge in [0.2, 0.25) is 11.8 Å². The largest absolute Gasteiger partial charge is 0.344 e. The molecule has 1 aliphatic carbocycles. The van der Waals surface area contributed by atoms with Gasteiger partial charge in [-0.15, -0.1) is 0 Å². The molecule has 0 aromatic heterocycles. The Labute approximate surface area is 274 Å². The Morgan fingerprint density at radius 3 is 2.42 bits per heavy atom. The Hall–Kier alpha value is -2.34. The first-order chi connectivity index (χ1) is 21.6. The van der Waals surface area contributed by atoms with Crippen molar-refractivity contribution in [1.82, 2.24) is 24.7 Å². The van der Waals surface area contributed by atoms with Crippen LogP contribution in [-0.2, 0) is 37.2 Å². The summed E-state index contributed by atoms with van der Waals surface area (Å²) in [6, 6.07) is 15.0. The summed E-state index contributed by atoms with van der Waals surface area (Å²) in [5.74, 6) is 0.247. The maximum Gasteiger partial charge on any atom is 0.288 e. The van der Waals surface area contributed by atoms with Crippen molar-refractivity contribution in [3.05, 3.63) is 70.2 Å². The standard InChI is InChI=1S/C34H48ClN5O4S/c1-3-40(45(2,43)44)24-32(26-9-5-4-6-10-26)38-17-19-39(20-18-38)34(42)31(21-25-13-15-28(35)16-14-25)37-33(41)22-30-29-12-8-7-11-27(29)23-36-30/h7-8,11-16,26,30-32,36H,3-6,9-10,17-24H2,1-2H3,(H-,37,41,43,44)/p+1/t30?,31-,32?/m1/s1. The lowest BCUT2D eigenvalue weighted by Crippen LogP contribution is -2.60. The lowest BCUT2D eigenvalue weighted by atomic mass is 9.83. The highest BCUT2D eigenvalue weighted by molar-refractivity contribution is 7.94. The van der Waals surface area contributed by atoms with E-state index < -0.39 is 16.4 Å². The number of nitrogens with one attached hydrogen (secondary N) is 2. The molecule has 0 bridgehead atoms. The molecule has 2 heterocycles. The van der Waals surface area contributed by atoms with Gasteiger partial charge in [0, 0.05) is 69.2 Å². The third-order valence-corrected chi connectivity index (χ3v) is 11.5. The molecule has 0 radical (unpaired) electrons. The van der Waals surface area contributed by atoms with Gasteiger partial charge in [0.25, 0.3) is 10.4 Å². The maximum atomic E-state index is 14.0. The van der Waals surface area contributed by atoms with E-state index in [1.807, 2.05) is 48.2 Å². The van der Waals surface area contributed by atoms with Crippen molar-refractivity contribution in [3.8, 4) is 0 Å². The molecule has 3 unspecified atom stereocenters. The van der Waals surface area contributed by atoms with Gasteiger partial charge in [-0.25, -0.2) is 0 Å². The number of piperazine rings is 1. The molecule has 1 saturated carbocycles. The fourth-order valence-corrected chi connectivity index (χ4v) is 8.38. The minimum Gasteiger partial charge on any atom is -0.344 e. The second-order valence-electron chi connectivity index (χ2n) is 12.9. The summed E-state index contributed by atoms with van der Waals surface area (Å²) in [6.45, 7) is 6.24. The van der Waals surface area contributed by atoms with Gasteiger partial charge in [0.05, 0.1) is 6.54 Å². The highest BCUT2D eigenvalue weighted by Crippen LogP contribution is 2.31. The third-order valence-electron chi connectivity index (χ3n) is 9.86. The van der Waals surface area contributed by atoms with Gasteiger partial charge < -0.3 is 15.5 Å². The summed E-state index contributed by atoms with van der Waals surface area (Å²) in [4.78, 5) is 31.7. The average molecular weight is 659 g/mol. The number of benzene rings is 2. The van der Waals surface area contributed by atoms with Crippen molar-refractivity contribution >= 4 is 33.8 Å². The second-order valence-corrected chi connectivity index (χ2v) is 15.3. The summed E-state index contributed by atoms with van der Waals surface area (Å²) in [7, 11) is -3.05. The molecular formula is C34H49ClN5O4S+. The number of fused-ring (bicyclic) bond motifs is 1. The van der Waals surface area contributed by atoms with E-state index in [2.05, 4.69) is 27.7 Å². The van der Waals surface area contributed by atoms with E-state index in [-0.39, 0.29) is 30.3 Å². The summed E-state index contributed by atoms with van der Waals surface area (Å²) in [5.41, 5.74) is 3.28. The number of amides is 2. The normalized spacial score (nSPS) is 22.1. The van der Waals surface area contributed by atoms with E-state index in [4.69, 9.17) is 11.6 Å². The van der Waals surface area contributed by atoms with Crippen LogP contribution in [0.3, 0.4) is 0 Å². The number of hydrogen-bond donors (Lipinski definition) is 3. The zero-order chi connectivity index (χ0) is 32.0. The first-order valence-corrected chi connectivity index (χ1v) is 18.7. The first kappa shape index (κ1) is 34.0. The molecule has 2 aliphatic heterocycles. The summed E-state index contributed by atoms with van der Waals surface area (Å²) in [6.07, 6.45) is 7.95. The van der Waals surface area contributed by atoms with Crippen molar-refractivity contribution in [2.24, 2.45) is 5.92 Å². The Balaban J connectivity index is 1.26. The fraction of sp³-hybridized carbons (Fsp3) is 0.588. The first-order valence-electron chi connectivity index (χ1n) is 16.5. The second kappa shape index (κ2) is 15.5. The van der Waals surface area contributed by atoms with Crippen LogP contribution in [0.4, 0.5) is 0 Å². The predicted octanol–water partition coefficient (Wildman–Crippen LogP) is 4.53. The predicted molar refractivity (Wildman–Crippen MR) is 180 cm³/mol. The zero-order valence-corrected chi connectivity index (χ0v) is 28.2. The Morgan fingerprint density at radius 2 is 1.76 bits per heavy atom. The van der Waals surface area contributed by atoms with Crippen LogP contribution < -0.4 is 10.6 Å². The molecule has 1 saturated heterocycles. The van der Waals surface area contributed by atoms with Gasteiger partial charge in [-0.2, -0.15) is 4.55 Å². The molecule has 3 aliphatic rings. The molecule has 5 rings (SSSR count). The van der Waals surface area contributed by atoms with Gasteiger partial charge >= 0.3 is 0 Å². The number of carbonyl (C=O) groups is 2.